The van der Waals surface area contributed by atoms with Crippen LogP contribution in [0.25, 0.3) is 0 Å². The molecule has 0 radical (unpaired) electrons. The number of ether oxygens (including phenoxy) is 2. The average molecular weight is 259 g/mol. The van der Waals surface area contributed by atoms with E-state index in [0.29, 0.717) is 24.2 Å². The van der Waals surface area contributed by atoms with Crippen LogP contribution in [0.3, 0.4) is 0 Å². The largest absolute Gasteiger partial charge is 0.474 e. The maximum Gasteiger partial charge on any atom is 0.236 e. The van der Waals surface area contributed by atoms with Crippen LogP contribution in [-0.4, -0.2) is 29.0 Å². The molecule has 1 heterocycles. The van der Waals surface area contributed by atoms with E-state index in [1.807, 2.05) is 34.6 Å². The van der Waals surface area contributed by atoms with Crippen molar-refractivity contribution >= 4 is 11.6 Å². The topological polar surface area (TPSA) is 44.2 Å². The van der Waals surface area contributed by atoms with E-state index in [1.54, 1.807) is 0 Å². The van der Waals surface area contributed by atoms with Crippen LogP contribution in [0.5, 0.6) is 5.88 Å². The maximum absolute atomic E-state index is 5.85. The van der Waals surface area contributed by atoms with Gasteiger partial charge in [0.05, 0.1) is 12.2 Å². The summed E-state index contributed by atoms with van der Waals surface area (Å²) in [5, 5.41) is 8.15. The van der Waals surface area contributed by atoms with Gasteiger partial charge in [-0.3, -0.25) is 0 Å². The summed E-state index contributed by atoms with van der Waals surface area (Å²) < 4.78 is 11.1. The Labute approximate surface area is 107 Å². The predicted molar refractivity (Wildman–Crippen MR) is 67.7 cm³/mol. The molecule has 0 aromatic carbocycles. The zero-order valence-corrected chi connectivity index (χ0v) is 11.8. The quantitative estimate of drug-likeness (QED) is 0.779. The molecule has 96 valence electrons. The van der Waals surface area contributed by atoms with Gasteiger partial charge in [-0.05, 0) is 40.2 Å². The second-order valence-electron chi connectivity index (χ2n) is 4.86. The van der Waals surface area contributed by atoms with E-state index in [9.17, 15) is 0 Å². The summed E-state index contributed by atoms with van der Waals surface area (Å²) in [6.45, 7) is 10.8. The third kappa shape index (κ3) is 4.48. The summed E-state index contributed by atoms with van der Waals surface area (Å²) in [5.74, 6) is 0.518. The molecule has 1 aromatic rings. The highest BCUT2D eigenvalue weighted by Crippen LogP contribution is 2.22. The average Bonchev–Trinajstić information content (AvgIpc) is 2.22. The number of hydrogen-bond donors (Lipinski definition) is 0. The SMILES string of the molecule is Cc1c(Cl)nnc(OCCOC(C)(C)C)c1C. The van der Waals surface area contributed by atoms with E-state index < -0.39 is 0 Å². The highest BCUT2D eigenvalue weighted by Gasteiger charge is 2.11. The van der Waals surface area contributed by atoms with Gasteiger partial charge in [-0.2, -0.15) is 0 Å². The van der Waals surface area contributed by atoms with Crippen LogP contribution in [0.2, 0.25) is 5.15 Å². The van der Waals surface area contributed by atoms with Crippen molar-refractivity contribution in [1.82, 2.24) is 10.2 Å². The monoisotopic (exact) mass is 258 g/mol. The Balaban J connectivity index is 2.51. The Bertz CT molecular complexity index is 389. The van der Waals surface area contributed by atoms with Gasteiger partial charge in [0, 0.05) is 5.56 Å². The molecule has 0 spiro atoms. The van der Waals surface area contributed by atoms with Crippen LogP contribution in [-0.2, 0) is 4.74 Å². The molecule has 0 saturated heterocycles. The fraction of sp³-hybridized carbons (Fsp3) is 0.667. The lowest BCUT2D eigenvalue weighted by atomic mass is 10.2. The van der Waals surface area contributed by atoms with Gasteiger partial charge < -0.3 is 9.47 Å². The van der Waals surface area contributed by atoms with E-state index >= 15 is 0 Å². The molecule has 0 bridgehead atoms. The molecule has 0 aliphatic carbocycles. The molecule has 0 unspecified atom stereocenters. The van der Waals surface area contributed by atoms with E-state index in [1.165, 1.54) is 0 Å². The Morgan fingerprint density at radius 1 is 1.06 bits per heavy atom. The summed E-state index contributed by atoms with van der Waals surface area (Å²) in [4.78, 5) is 0. The highest BCUT2D eigenvalue weighted by atomic mass is 35.5. The van der Waals surface area contributed by atoms with Crippen molar-refractivity contribution in [2.75, 3.05) is 13.2 Å². The van der Waals surface area contributed by atoms with Crippen LogP contribution >= 0.6 is 11.6 Å². The standard InChI is InChI=1S/C12H19ClN2O2/c1-8-9(2)11(15-14-10(8)13)16-6-7-17-12(3,4)5/h6-7H2,1-5H3. The van der Waals surface area contributed by atoms with Crippen LogP contribution in [0.1, 0.15) is 31.9 Å². The molecular weight excluding hydrogens is 240 g/mol. The lowest BCUT2D eigenvalue weighted by Gasteiger charge is -2.19. The third-order valence-corrected chi connectivity index (χ3v) is 2.64. The smallest absolute Gasteiger partial charge is 0.236 e. The van der Waals surface area contributed by atoms with Gasteiger partial charge in [-0.15, -0.1) is 10.2 Å². The second kappa shape index (κ2) is 5.65. The molecule has 0 aliphatic heterocycles. The summed E-state index contributed by atoms with van der Waals surface area (Å²) in [5.41, 5.74) is 1.66. The summed E-state index contributed by atoms with van der Waals surface area (Å²) in [6, 6.07) is 0. The molecule has 1 rings (SSSR count). The molecule has 0 amide bonds. The van der Waals surface area contributed by atoms with Gasteiger partial charge in [0.2, 0.25) is 5.88 Å². The molecule has 0 N–H and O–H groups in total. The van der Waals surface area contributed by atoms with Crippen molar-refractivity contribution in [3.63, 3.8) is 0 Å². The Morgan fingerprint density at radius 2 is 1.71 bits per heavy atom. The van der Waals surface area contributed by atoms with E-state index in [-0.39, 0.29) is 5.60 Å². The minimum absolute atomic E-state index is 0.153. The van der Waals surface area contributed by atoms with Gasteiger partial charge in [0.15, 0.2) is 5.15 Å². The first-order chi connectivity index (χ1) is 7.81. The first-order valence-corrected chi connectivity index (χ1v) is 5.95. The van der Waals surface area contributed by atoms with Gasteiger partial charge in [-0.1, -0.05) is 11.6 Å². The number of hydrogen-bond acceptors (Lipinski definition) is 4. The van der Waals surface area contributed by atoms with Crippen molar-refractivity contribution < 1.29 is 9.47 Å². The molecule has 1 aromatic heterocycles. The number of halogens is 1. The molecule has 5 heteroatoms. The number of aromatic nitrogens is 2. The van der Waals surface area contributed by atoms with Crippen molar-refractivity contribution in [3.05, 3.63) is 16.3 Å². The third-order valence-electron chi connectivity index (χ3n) is 2.28. The normalized spacial score (nSPS) is 11.6. The number of rotatable bonds is 4. The van der Waals surface area contributed by atoms with E-state index in [0.717, 1.165) is 11.1 Å². The molecular formula is C12H19ClN2O2. The Morgan fingerprint density at radius 3 is 2.29 bits per heavy atom. The molecule has 0 saturated carbocycles. The minimum Gasteiger partial charge on any atom is -0.474 e. The molecule has 17 heavy (non-hydrogen) atoms. The predicted octanol–water partition coefficient (Wildman–Crippen LogP) is 2.94. The maximum atomic E-state index is 5.85. The molecule has 0 atom stereocenters. The van der Waals surface area contributed by atoms with Crippen LogP contribution in [0.4, 0.5) is 0 Å². The van der Waals surface area contributed by atoms with Gasteiger partial charge in [0.25, 0.3) is 0 Å². The zero-order chi connectivity index (χ0) is 13.1. The highest BCUT2D eigenvalue weighted by molar-refractivity contribution is 6.30. The van der Waals surface area contributed by atoms with Crippen LogP contribution in [0, 0.1) is 13.8 Å². The first kappa shape index (κ1) is 14.2. The minimum atomic E-state index is -0.153. The second-order valence-corrected chi connectivity index (χ2v) is 5.21. The fourth-order valence-corrected chi connectivity index (χ4v) is 1.36. The van der Waals surface area contributed by atoms with Crippen molar-refractivity contribution in [1.29, 1.82) is 0 Å². The van der Waals surface area contributed by atoms with Crippen molar-refractivity contribution in [2.45, 2.75) is 40.2 Å². The van der Waals surface area contributed by atoms with E-state index in [2.05, 4.69) is 10.2 Å². The first-order valence-electron chi connectivity index (χ1n) is 5.57. The van der Waals surface area contributed by atoms with Gasteiger partial charge in [-0.25, -0.2) is 0 Å². The van der Waals surface area contributed by atoms with Crippen LogP contribution < -0.4 is 4.74 Å². The summed E-state index contributed by atoms with van der Waals surface area (Å²) in [7, 11) is 0. The van der Waals surface area contributed by atoms with Crippen LogP contribution in [0.15, 0.2) is 0 Å². The summed E-state index contributed by atoms with van der Waals surface area (Å²) in [6.07, 6.45) is 0. The lowest BCUT2D eigenvalue weighted by Crippen LogP contribution is -2.22. The molecule has 0 aliphatic rings. The Hall–Kier alpha value is -0.870. The molecule has 0 fully saturated rings. The van der Waals surface area contributed by atoms with Gasteiger partial charge >= 0.3 is 0 Å². The lowest BCUT2D eigenvalue weighted by molar-refractivity contribution is -0.0169. The van der Waals surface area contributed by atoms with Crippen molar-refractivity contribution in [2.24, 2.45) is 0 Å². The number of nitrogens with zero attached hydrogens (tertiary/aromatic N) is 2. The fourth-order valence-electron chi connectivity index (χ4n) is 1.18. The Kier molecular flexibility index (Phi) is 4.71. The molecule has 4 nitrogen and oxygen atoms in total. The summed E-state index contributed by atoms with van der Waals surface area (Å²) >= 11 is 5.85. The van der Waals surface area contributed by atoms with Crippen molar-refractivity contribution in [3.8, 4) is 5.88 Å². The zero-order valence-electron chi connectivity index (χ0n) is 11.0. The van der Waals surface area contributed by atoms with E-state index in [4.69, 9.17) is 21.1 Å². The van der Waals surface area contributed by atoms with Gasteiger partial charge in [0.1, 0.15) is 6.61 Å².